The van der Waals surface area contributed by atoms with Crippen molar-refractivity contribution in [1.29, 1.82) is 0 Å². The molecule has 1 aliphatic rings. The first-order valence-corrected chi connectivity index (χ1v) is 3.97. The summed E-state index contributed by atoms with van der Waals surface area (Å²) in [5, 5.41) is 0. The molecule has 0 aromatic carbocycles. The molecule has 0 saturated carbocycles. The van der Waals surface area contributed by atoms with Crippen LogP contribution in [0.4, 0.5) is 0 Å². The van der Waals surface area contributed by atoms with E-state index >= 15 is 0 Å². The predicted octanol–water partition coefficient (Wildman–Crippen LogP) is 2.05. The van der Waals surface area contributed by atoms with Gasteiger partial charge in [0.05, 0.1) is 0 Å². The molecule has 0 amide bonds. The van der Waals surface area contributed by atoms with Gasteiger partial charge in [-0.25, -0.2) is 4.79 Å². The molecule has 0 saturated heterocycles. The van der Waals surface area contributed by atoms with E-state index in [2.05, 4.69) is 18.7 Å². The Hall–Kier alpha value is -0.880. The zero-order valence-electron chi connectivity index (χ0n) is 7.66. The van der Waals surface area contributed by atoms with Crippen LogP contribution in [0.3, 0.4) is 0 Å². The van der Waals surface area contributed by atoms with Crippen molar-refractivity contribution >= 4 is 15.9 Å². The average Bonchev–Trinajstić information content (AvgIpc) is 2.16. The van der Waals surface area contributed by atoms with Gasteiger partial charge in [0, 0.05) is 6.08 Å². The van der Waals surface area contributed by atoms with Crippen LogP contribution < -0.4 is 0 Å². The minimum atomic E-state index is -0.366. The maximum Gasteiger partial charge on any atom is 0.330 e. The molecule has 2 nitrogen and oxygen atoms in total. The molecule has 0 aromatic heterocycles. The molecule has 1 atom stereocenters. The van der Waals surface area contributed by atoms with E-state index in [9.17, 15) is 4.79 Å². The smallest absolute Gasteiger partial charge is 0.330 e. The quantitative estimate of drug-likeness (QED) is 0.394. The van der Waals surface area contributed by atoms with Crippen molar-refractivity contribution in [2.45, 2.75) is 12.8 Å². The van der Waals surface area contributed by atoms with E-state index in [0.717, 1.165) is 18.4 Å². The Bertz CT molecular complexity index is 241. The molecule has 0 fully saturated rings. The Labute approximate surface area is 82.0 Å². The highest BCUT2D eigenvalue weighted by Crippen LogP contribution is 2.09. The van der Waals surface area contributed by atoms with Crippen LogP contribution in [0.1, 0.15) is 12.8 Å². The third-order valence-corrected chi connectivity index (χ3v) is 1.62. The Balaban J connectivity index is 0.00000144. The van der Waals surface area contributed by atoms with E-state index in [1.807, 2.05) is 6.08 Å². The molecule has 3 heteroatoms. The number of esters is 1. The van der Waals surface area contributed by atoms with Gasteiger partial charge in [-0.1, -0.05) is 24.8 Å². The molecule has 0 aromatic rings. The molecule has 0 aliphatic heterocycles. The molecule has 72 valence electrons. The highest BCUT2D eigenvalue weighted by Gasteiger charge is 1.99. The van der Waals surface area contributed by atoms with Crippen LogP contribution in [0.2, 0.25) is 0 Å². The van der Waals surface area contributed by atoms with Gasteiger partial charge in [-0.05, 0) is 18.4 Å². The monoisotopic (exact) mass is 198 g/mol. The maximum absolute atomic E-state index is 10.7. The van der Waals surface area contributed by atoms with Crippen LogP contribution in [0.25, 0.3) is 0 Å². The Morgan fingerprint density at radius 1 is 1.62 bits per heavy atom. The van der Waals surface area contributed by atoms with Gasteiger partial charge in [0.1, 0.15) is 6.61 Å². The number of carbonyl (C=O) groups excluding carboxylic acids is 1. The molecule has 1 unspecified atom stereocenters. The summed E-state index contributed by atoms with van der Waals surface area (Å²) in [5.74, 6) is -0.366. The summed E-state index contributed by atoms with van der Waals surface area (Å²) in [5.41, 5.74) is 1.07. The summed E-state index contributed by atoms with van der Waals surface area (Å²) in [6.45, 7) is 3.67. The molecule has 1 rings (SSSR count). The fourth-order valence-electron chi connectivity index (χ4n) is 0.988. The summed E-state index contributed by atoms with van der Waals surface area (Å²) >= 11 is 0. The Morgan fingerprint density at radius 3 is 2.92 bits per heavy atom. The average molecular weight is 198 g/mol. The second-order valence-electron chi connectivity index (χ2n) is 2.57. The predicted molar refractivity (Wildman–Crippen MR) is 58.7 cm³/mol. The number of ether oxygens (including phenoxy) is 1. The van der Waals surface area contributed by atoms with Crippen molar-refractivity contribution in [2.24, 2.45) is 0 Å². The van der Waals surface area contributed by atoms with Crippen molar-refractivity contribution in [2.75, 3.05) is 6.61 Å². The molecule has 0 N–H and O–H groups in total. The van der Waals surface area contributed by atoms with Gasteiger partial charge in [-0.3, -0.25) is 0 Å². The molecule has 0 bridgehead atoms. The van der Waals surface area contributed by atoms with E-state index in [1.165, 1.54) is 6.08 Å². The van der Waals surface area contributed by atoms with E-state index in [-0.39, 0.29) is 15.9 Å². The normalized spacial score (nSPS) is 14.0. The fraction of sp³-hybridized carbons (Fsp3) is 0.300. The third-order valence-electron chi connectivity index (χ3n) is 1.62. The van der Waals surface area contributed by atoms with Gasteiger partial charge in [0.25, 0.3) is 0 Å². The lowest BCUT2D eigenvalue weighted by Gasteiger charge is -2.06. The van der Waals surface area contributed by atoms with Crippen LogP contribution in [0, 0.1) is 0 Å². The molecular formula is C10H15O2P. The van der Waals surface area contributed by atoms with Gasteiger partial charge < -0.3 is 4.74 Å². The lowest BCUT2D eigenvalue weighted by atomic mass is 10.1. The first-order chi connectivity index (χ1) is 5.83. The van der Waals surface area contributed by atoms with Gasteiger partial charge in [-0.2, -0.15) is 9.90 Å². The van der Waals surface area contributed by atoms with Crippen LogP contribution in [0.5, 0.6) is 0 Å². The van der Waals surface area contributed by atoms with Crippen molar-refractivity contribution < 1.29 is 9.53 Å². The van der Waals surface area contributed by atoms with Gasteiger partial charge in [0.15, 0.2) is 0 Å². The Morgan fingerprint density at radius 2 is 2.38 bits per heavy atom. The highest BCUT2D eigenvalue weighted by atomic mass is 31.0. The first-order valence-electron chi connectivity index (χ1n) is 3.97. The third kappa shape index (κ3) is 4.64. The lowest BCUT2D eigenvalue weighted by Crippen LogP contribution is -2.04. The van der Waals surface area contributed by atoms with E-state index in [0.29, 0.717) is 6.61 Å². The summed E-state index contributed by atoms with van der Waals surface area (Å²) in [6, 6.07) is 0. The standard InChI is InChI=1S/C10H12O2.H3P/c1-2-10(11)12-8-9-6-4-3-5-7-9;/h2,4,6-7H,1,3,5,8H2;1H3. The van der Waals surface area contributed by atoms with Crippen LogP contribution in [-0.4, -0.2) is 12.6 Å². The number of rotatable bonds is 3. The summed E-state index contributed by atoms with van der Waals surface area (Å²) in [7, 11) is 0. The minimum absolute atomic E-state index is 0. The van der Waals surface area contributed by atoms with Gasteiger partial charge in [-0.15, -0.1) is 0 Å². The summed E-state index contributed by atoms with van der Waals surface area (Å²) in [4.78, 5) is 10.7. The summed E-state index contributed by atoms with van der Waals surface area (Å²) < 4.78 is 4.85. The zero-order valence-corrected chi connectivity index (χ0v) is 9.08. The molecular weight excluding hydrogens is 183 g/mol. The summed E-state index contributed by atoms with van der Waals surface area (Å²) in [6.07, 6.45) is 9.44. The number of hydrogen-bond acceptors (Lipinski definition) is 2. The van der Waals surface area contributed by atoms with Gasteiger partial charge >= 0.3 is 5.97 Å². The second-order valence-corrected chi connectivity index (χ2v) is 2.57. The van der Waals surface area contributed by atoms with Crippen molar-refractivity contribution in [1.82, 2.24) is 0 Å². The van der Waals surface area contributed by atoms with Gasteiger partial charge in [0.2, 0.25) is 0 Å². The van der Waals surface area contributed by atoms with Crippen molar-refractivity contribution in [3.8, 4) is 0 Å². The molecule has 0 spiro atoms. The molecule has 13 heavy (non-hydrogen) atoms. The number of allylic oxidation sites excluding steroid dienone is 2. The number of carbonyl (C=O) groups is 1. The van der Waals surface area contributed by atoms with E-state index < -0.39 is 0 Å². The van der Waals surface area contributed by atoms with Crippen LogP contribution in [0.15, 0.2) is 36.5 Å². The largest absolute Gasteiger partial charge is 0.458 e. The molecule has 0 radical (unpaired) electrons. The van der Waals surface area contributed by atoms with Crippen molar-refractivity contribution in [3.63, 3.8) is 0 Å². The number of hydrogen-bond donors (Lipinski definition) is 0. The minimum Gasteiger partial charge on any atom is -0.458 e. The SMILES string of the molecule is C=CC(=O)OCC1=CCCC=C1.P. The van der Waals surface area contributed by atoms with Crippen molar-refractivity contribution in [3.05, 3.63) is 36.5 Å². The van der Waals surface area contributed by atoms with E-state index in [4.69, 9.17) is 4.74 Å². The first kappa shape index (κ1) is 12.1. The molecule has 0 heterocycles. The lowest BCUT2D eigenvalue weighted by molar-refractivity contribution is -0.136. The fourth-order valence-corrected chi connectivity index (χ4v) is 0.988. The Kier molecular flexibility index (Phi) is 6.17. The highest BCUT2D eigenvalue weighted by molar-refractivity contribution is 6.92. The molecule has 1 aliphatic carbocycles. The zero-order chi connectivity index (χ0) is 8.81. The van der Waals surface area contributed by atoms with Crippen LogP contribution >= 0.6 is 9.90 Å². The topological polar surface area (TPSA) is 26.3 Å². The van der Waals surface area contributed by atoms with E-state index in [1.54, 1.807) is 0 Å². The maximum atomic E-state index is 10.7. The second kappa shape index (κ2) is 6.62. The van der Waals surface area contributed by atoms with Crippen LogP contribution in [-0.2, 0) is 9.53 Å².